The topological polar surface area (TPSA) is 69.6 Å². The van der Waals surface area contributed by atoms with Gasteiger partial charge in [-0.2, -0.15) is 0 Å². The summed E-state index contributed by atoms with van der Waals surface area (Å²) in [6.07, 6.45) is 0.941. The molecule has 25 heavy (non-hydrogen) atoms. The number of hydrogen-bond acceptors (Lipinski definition) is 3. The Hall–Kier alpha value is -2.66. The number of hydrogen-bond donors (Lipinski definition) is 2. The van der Waals surface area contributed by atoms with Crippen molar-refractivity contribution in [1.29, 1.82) is 0 Å². The molecule has 1 heterocycles. The van der Waals surface area contributed by atoms with Crippen molar-refractivity contribution < 1.29 is 14.7 Å². The zero-order valence-corrected chi connectivity index (χ0v) is 14.2. The zero-order valence-electron chi connectivity index (χ0n) is 14.2. The van der Waals surface area contributed by atoms with Gasteiger partial charge in [-0.1, -0.05) is 17.7 Å². The smallest absolute Gasteiger partial charge is 0.255 e. The summed E-state index contributed by atoms with van der Waals surface area (Å²) in [6, 6.07) is 14.3. The number of anilines is 1. The van der Waals surface area contributed by atoms with Crippen LogP contribution in [0, 0.1) is 6.92 Å². The van der Waals surface area contributed by atoms with Crippen molar-refractivity contribution in [2.24, 2.45) is 0 Å². The summed E-state index contributed by atoms with van der Waals surface area (Å²) in [5.41, 5.74) is 2.93. The maximum Gasteiger partial charge on any atom is 0.255 e. The minimum Gasteiger partial charge on any atom is -0.393 e. The van der Waals surface area contributed by atoms with Crippen LogP contribution in [-0.4, -0.2) is 41.0 Å². The highest BCUT2D eigenvalue weighted by atomic mass is 16.3. The van der Waals surface area contributed by atoms with E-state index >= 15 is 0 Å². The molecular weight excluding hydrogens is 316 g/mol. The molecule has 0 bridgehead atoms. The minimum atomic E-state index is -0.302. The molecule has 5 nitrogen and oxygen atoms in total. The average Bonchev–Trinajstić information content (AvgIpc) is 2.63. The number of piperidine rings is 1. The molecule has 1 saturated heterocycles. The fourth-order valence-corrected chi connectivity index (χ4v) is 2.86. The van der Waals surface area contributed by atoms with Gasteiger partial charge in [0.05, 0.1) is 6.10 Å². The Balaban J connectivity index is 1.63. The predicted octanol–water partition coefficient (Wildman–Crippen LogP) is 2.84. The van der Waals surface area contributed by atoms with Crippen molar-refractivity contribution in [2.75, 3.05) is 18.4 Å². The summed E-state index contributed by atoms with van der Waals surface area (Å²) >= 11 is 0. The van der Waals surface area contributed by atoms with Gasteiger partial charge in [0, 0.05) is 29.9 Å². The lowest BCUT2D eigenvalue weighted by Gasteiger charge is -2.29. The van der Waals surface area contributed by atoms with E-state index < -0.39 is 0 Å². The van der Waals surface area contributed by atoms with E-state index in [4.69, 9.17) is 0 Å². The molecule has 0 spiro atoms. The van der Waals surface area contributed by atoms with Gasteiger partial charge >= 0.3 is 0 Å². The molecule has 0 aliphatic carbocycles. The van der Waals surface area contributed by atoms with Gasteiger partial charge in [-0.05, 0) is 56.2 Å². The molecule has 0 atom stereocenters. The van der Waals surface area contributed by atoms with E-state index in [1.165, 1.54) is 0 Å². The summed E-state index contributed by atoms with van der Waals surface area (Å²) in [5, 5.41) is 12.4. The largest absolute Gasteiger partial charge is 0.393 e. The van der Waals surface area contributed by atoms with Crippen LogP contribution in [0.2, 0.25) is 0 Å². The Morgan fingerprint density at radius 1 is 0.960 bits per heavy atom. The first kappa shape index (κ1) is 17.2. The molecule has 0 saturated carbocycles. The Morgan fingerprint density at radius 2 is 1.52 bits per heavy atom. The Morgan fingerprint density at radius 3 is 2.12 bits per heavy atom. The number of amides is 2. The number of nitrogens with zero attached hydrogens (tertiary/aromatic N) is 1. The summed E-state index contributed by atoms with van der Waals surface area (Å²) < 4.78 is 0. The Bertz CT molecular complexity index is 746. The number of benzene rings is 2. The summed E-state index contributed by atoms with van der Waals surface area (Å²) in [6.45, 7) is 3.12. The number of aliphatic hydroxyl groups excluding tert-OH is 1. The van der Waals surface area contributed by atoms with Gasteiger partial charge < -0.3 is 15.3 Å². The van der Waals surface area contributed by atoms with Crippen molar-refractivity contribution >= 4 is 17.5 Å². The van der Waals surface area contributed by atoms with E-state index in [0.717, 1.165) is 5.56 Å². The van der Waals surface area contributed by atoms with Crippen molar-refractivity contribution in [1.82, 2.24) is 4.90 Å². The SMILES string of the molecule is Cc1ccc(C(=O)Nc2ccc(C(=O)N3CCC(O)CC3)cc2)cc1. The molecular formula is C20H22N2O3. The highest BCUT2D eigenvalue weighted by Gasteiger charge is 2.22. The number of likely N-dealkylation sites (tertiary alicyclic amines) is 1. The second-order valence-electron chi connectivity index (χ2n) is 6.42. The van der Waals surface area contributed by atoms with Crippen LogP contribution in [-0.2, 0) is 0 Å². The Kier molecular flexibility index (Phi) is 5.14. The summed E-state index contributed by atoms with van der Waals surface area (Å²) in [5.74, 6) is -0.215. The third-order valence-electron chi connectivity index (χ3n) is 4.46. The first-order valence-electron chi connectivity index (χ1n) is 8.48. The van der Waals surface area contributed by atoms with Gasteiger partial charge in [0.15, 0.2) is 0 Å². The molecule has 1 aliphatic rings. The van der Waals surface area contributed by atoms with E-state index in [1.54, 1.807) is 41.3 Å². The standard InChI is InChI=1S/C20H22N2O3/c1-14-2-4-15(5-3-14)19(24)21-17-8-6-16(7-9-17)20(25)22-12-10-18(23)11-13-22/h2-9,18,23H,10-13H2,1H3,(H,21,24). The number of aryl methyl sites for hydroxylation is 1. The zero-order chi connectivity index (χ0) is 17.8. The van der Waals surface area contributed by atoms with Crippen LogP contribution in [0.15, 0.2) is 48.5 Å². The molecule has 0 radical (unpaired) electrons. The monoisotopic (exact) mass is 338 g/mol. The number of carbonyl (C=O) groups is 2. The fourth-order valence-electron chi connectivity index (χ4n) is 2.86. The molecule has 1 fully saturated rings. The molecule has 130 valence electrons. The lowest BCUT2D eigenvalue weighted by Crippen LogP contribution is -2.40. The fraction of sp³-hybridized carbons (Fsp3) is 0.300. The number of aliphatic hydroxyl groups is 1. The predicted molar refractivity (Wildman–Crippen MR) is 96.7 cm³/mol. The van der Waals surface area contributed by atoms with Gasteiger partial charge in [-0.3, -0.25) is 9.59 Å². The molecule has 1 aliphatic heterocycles. The number of carbonyl (C=O) groups excluding carboxylic acids is 2. The quantitative estimate of drug-likeness (QED) is 0.904. The van der Waals surface area contributed by atoms with Gasteiger partial charge in [-0.25, -0.2) is 0 Å². The van der Waals surface area contributed by atoms with Crippen LogP contribution in [0.25, 0.3) is 0 Å². The van der Waals surface area contributed by atoms with Gasteiger partial charge in [-0.15, -0.1) is 0 Å². The first-order chi connectivity index (χ1) is 12.0. The maximum absolute atomic E-state index is 12.5. The van der Waals surface area contributed by atoms with Crippen LogP contribution in [0.1, 0.15) is 39.1 Å². The molecule has 2 amide bonds. The van der Waals surface area contributed by atoms with Crippen molar-refractivity contribution in [2.45, 2.75) is 25.9 Å². The van der Waals surface area contributed by atoms with Crippen LogP contribution < -0.4 is 5.32 Å². The maximum atomic E-state index is 12.5. The Labute approximate surface area is 147 Å². The van der Waals surface area contributed by atoms with Gasteiger partial charge in [0.2, 0.25) is 0 Å². The average molecular weight is 338 g/mol. The lowest BCUT2D eigenvalue weighted by atomic mass is 10.1. The highest BCUT2D eigenvalue weighted by molar-refractivity contribution is 6.04. The van der Waals surface area contributed by atoms with Crippen LogP contribution >= 0.6 is 0 Å². The molecule has 5 heteroatoms. The van der Waals surface area contributed by atoms with Gasteiger partial charge in [0.1, 0.15) is 0 Å². The van der Waals surface area contributed by atoms with E-state index in [2.05, 4.69) is 5.32 Å². The second kappa shape index (κ2) is 7.49. The van der Waals surface area contributed by atoms with Crippen molar-refractivity contribution in [3.05, 3.63) is 65.2 Å². The molecule has 2 aromatic carbocycles. The van der Waals surface area contributed by atoms with Crippen LogP contribution in [0.3, 0.4) is 0 Å². The lowest BCUT2D eigenvalue weighted by molar-refractivity contribution is 0.0546. The number of nitrogens with one attached hydrogen (secondary N) is 1. The molecule has 2 aromatic rings. The molecule has 0 aromatic heterocycles. The van der Waals surface area contributed by atoms with Crippen molar-refractivity contribution in [3.63, 3.8) is 0 Å². The minimum absolute atomic E-state index is 0.0386. The van der Waals surface area contributed by atoms with E-state index in [1.807, 2.05) is 19.1 Å². The number of rotatable bonds is 3. The van der Waals surface area contributed by atoms with Crippen LogP contribution in [0.4, 0.5) is 5.69 Å². The van der Waals surface area contributed by atoms with Crippen molar-refractivity contribution in [3.8, 4) is 0 Å². The van der Waals surface area contributed by atoms with Gasteiger partial charge in [0.25, 0.3) is 11.8 Å². The normalized spacial score (nSPS) is 15.0. The summed E-state index contributed by atoms with van der Waals surface area (Å²) in [4.78, 5) is 26.4. The first-order valence-corrected chi connectivity index (χ1v) is 8.48. The molecule has 2 N–H and O–H groups in total. The second-order valence-corrected chi connectivity index (χ2v) is 6.42. The third-order valence-corrected chi connectivity index (χ3v) is 4.46. The third kappa shape index (κ3) is 4.25. The van der Waals surface area contributed by atoms with E-state index in [-0.39, 0.29) is 17.9 Å². The van der Waals surface area contributed by atoms with E-state index in [9.17, 15) is 14.7 Å². The summed E-state index contributed by atoms with van der Waals surface area (Å²) in [7, 11) is 0. The van der Waals surface area contributed by atoms with Crippen LogP contribution in [0.5, 0.6) is 0 Å². The molecule has 0 unspecified atom stereocenters. The van der Waals surface area contributed by atoms with E-state index in [0.29, 0.717) is 42.7 Å². The highest BCUT2D eigenvalue weighted by Crippen LogP contribution is 2.16. The molecule has 3 rings (SSSR count).